The van der Waals surface area contributed by atoms with Gasteiger partial charge in [-0.25, -0.2) is 0 Å². The molecule has 0 saturated carbocycles. The van der Waals surface area contributed by atoms with Crippen molar-refractivity contribution in [3.05, 3.63) is 0 Å². The van der Waals surface area contributed by atoms with Crippen molar-refractivity contribution in [1.82, 2.24) is 14.8 Å². The number of aromatic nitrogens is 3. The highest BCUT2D eigenvalue weighted by atomic mass is 32.2. The Bertz CT molecular complexity index is 274. The highest BCUT2D eigenvalue weighted by Crippen LogP contribution is 2.17. The van der Waals surface area contributed by atoms with Gasteiger partial charge in [0.25, 0.3) is 0 Å². The molecular weight excluding hydrogens is 216 g/mol. The molecule has 0 amide bonds. The standard InChI is InChI=1S/C8H16N4S2/c1-3-13-5-4-6-14-8-11-10-7(9)12(8)2/h3-6H2,1-2H3,(H2,9,10). The summed E-state index contributed by atoms with van der Waals surface area (Å²) >= 11 is 3.69. The molecule has 0 unspecified atom stereocenters. The minimum atomic E-state index is 0.482. The zero-order chi connectivity index (χ0) is 10.4. The van der Waals surface area contributed by atoms with Crippen LogP contribution in [0.1, 0.15) is 13.3 Å². The lowest BCUT2D eigenvalue weighted by molar-refractivity contribution is 0.795. The van der Waals surface area contributed by atoms with Crippen LogP contribution in [0.4, 0.5) is 5.95 Å². The van der Waals surface area contributed by atoms with Gasteiger partial charge >= 0.3 is 0 Å². The van der Waals surface area contributed by atoms with Gasteiger partial charge in [-0.2, -0.15) is 11.8 Å². The van der Waals surface area contributed by atoms with Gasteiger partial charge in [-0.15, -0.1) is 10.2 Å². The van der Waals surface area contributed by atoms with Crippen LogP contribution in [0.2, 0.25) is 0 Å². The monoisotopic (exact) mass is 232 g/mol. The normalized spacial score (nSPS) is 10.7. The molecule has 1 rings (SSSR count). The number of rotatable bonds is 6. The lowest BCUT2D eigenvalue weighted by atomic mass is 10.6. The molecule has 0 spiro atoms. The molecule has 1 aromatic heterocycles. The van der Waals surface area contributed by atoms with E-state index in [9.17, 15) is 0 Å². The number of thioether (sulfide) groups is 2. The second-order valence-corrected chi connectivity index (χ2v) is 5.25. The van der Waals surface area contributed by atoms with E-state index in [2.05, 4.69) is 17.1 Å². The zero-order valence-corrected chi connectivity index (χ0v) is 10.2. The van der Waals surface area contributed by atoms with Gasteiger partial charge in [0.05, 0.1) is 0 Å². The molecule has 0 aliphatic rings. The van der Waals surface area contributed by atoms with E-state index in [1.165, 1.54) is 17.9 Å². The number of hydrogen-bond donors (Lipinski definition) is 1. The summed E-state index contributed by atoms with van der Waals surface area (Å²) < 4.78 is 1.82. The predicted molar refractivity (Wildman–Crippen MR) is 63.8 cm³/mol. The Labute approximate surface area is 93.0 Å². The quantitative estimate of drug-likeness (QED) is 0.597. The molecule has 4 nitrogen and oxygen atoms in total. The fourth-order valence-corrected chi connectivity index (χ4v) is 2.60. The molecule has 0 saturated heterocycles. The number of hydrogen-bond acceptors (Lipinski definition) is 5. The van der Waals surface area contributed by atoms with Crippen molar-refractivity contribution in [2.45, 2.75) is 18.5 Å². The highest BCUT2D eigenvalue weighted by molar-refractivity contribution is 8.00. The molecule has 6 heteroatoms. The van der Waals surface area contributed by atoms with Crippen molar-refractivity contribution >= 4 is 29.5 Å². The van der Waals surface area contributed by atoms with Crippen molar-refractivity contribution < 1.29 is 0 Å². The van der Waals surface area contributed by atoms with Crippen LogP contribution in [0.5, 0.6) is 0 Å². The molecule has 1 aromatic rings. The summed E-state index contributed by atoms with van der Waals surface area (Å²) in [6, 6.07) is 0. The van der Waals surface area contributed by atoms with Crippen molar-refractivity contribution in [2.75, 3.05) is 23.0 Å². The van der Waals surface area contributed by atoms with Crippen molar-refractivity contribution in [3.8, 4) is 0 Å². The number of nitrogens with zero attached hydrogens (tertiary/aromatic N) is 3. The SMILES string of the molecule is CCSCCCSc1nnc(N)n1C. The summed E-state index contributed by atoms with van der Waals surface area (Å²) in [6.07, 6.45) is 1.20. The average molecular weight is 232 g/mol. The molecule has 0 aromatic carbocycles. The Hall–Kier alpha value is -0.360. The second-order valence-electron chi connectivity index (χ2n) is 2.80. The van der Waals surface area contributed by atoms with Crippen molar-refractivity contribution in [1.29, 1.82) is 0 Å². The Kier molecular flexibility index (Phi) is 5.17. The van der Waals surface area contributed by atoms with Crippen LogP contribution in [0.15, 0.2) is 5.16 Å². The van der Waals surface area contributed by atoms with E-state index in [-0.39, 0.29) is 0 Å². The zero-order valence-electron chi connectivity index (χ0n) is 8.56. The Balaban J connectivity index is 2.21. The van der Waals surface area contributed by atoms with Crippen LogP contribution in [0.3, 0.4) is 0 Å². The van der Waals surface area contributed by atoms with E-state index >= 15 is 0 Å². The number of anilines is 1. The molecule has 80 valence electrons. The van der Waals surface area contributed by atoms with E-state index < -0.39 is 0 Å². The van der Waals surface area contributed by atoms with Crippen LogP contribution < -0.4 is 5.73 Å². The van der Waals surface area contributed by atoms with Crippen LogP contribution in [-0.2, 0) is 7.05 Å². The van der Waals surface area contributed by atoms with E-state index in [0.29, 0.717) is 5.95 Å². The Morgan fingerprint density at radius 1 is 1.36 bits per heavy atom. The third kappa shape index (κ3) is 3.42. The highest BCUT2D eigenvalue weighted by Gasteiger charge is 2.04. The summed E-state index contributed by atoms with van der Waals surface area (Å²) in [5.41, 5.74) is 5.56. The first-order valence-electron chi connectivity index (χ1n) is 4.61. The topological polar surface area (TPSA) is 56.7 Å². The second kappa shape index (κ2) is 6.19. The molecule has 14 heavy (non-hydrogen) atoms. The number of nitrogen functional groups attached to an aromatic ring is 1. The first-order valence-corrected chi connectivity index (χ1v) is 6.75. The van der Waals surface area contributed by atoms with E-state index in [1.54, 1.807) is 11.8 Å². The van der Waals surface area contributed by atoms with Gasteiger partial charge in [-0.05, 0) is 17.9 Å². The third-order valence-electron chi connectivity index (χ3n) is 1.74. The number of nitrogens with two attached hydrogens (primary N) is 1. The van der Waals surface area contributed by atoms with Crippen LogP contribution >= 0.6 is 23.5 Å². The summed E-state index contributed by atoms with van der Waals surface area (Å²) in [6.45, 7) is 2.18. The molecule has 0 fully saturated rings. The first kappa shape index (κ1) is 11.7. The summed E-state index contributed by atoms with van der Waals surface area (Å²) in [5.74, 6) is 3.98. The summed E-state index contributed by atoms with van der Waals surface area (Å²) in [4.78, 5) is 0. The van der Waals surface area contributed by atoms with Gasteiger partial charge in [-0.3, -0.25) is 4.57 Å². The molecule has 1 heterocycles. The van der Waals surface area contributed by atoms with Gasteiger partial charge in [0.2, 0.25) is 5.95 Å². The van der Waals surface area contributed by atoms with Gasteiger partial charge in [0, 0.05) is 12.8 Å². The maximum Gasteiger partial charge on any atom is 0.222 e. The van der Waals surface area contributed by atoms with E-state index in [0.717, 1.165) is 10.9 Å². The molecule has 0 aliphatic carbocycles. The minimum Gasteiger partial charge on any atom is -0.368 e. The first-order chi connectivity index (χ1) is 6.75. The van der Waals surface area contributed by atoms with Crippen LogP contribution in [0, 0.1) is 0 Å². The Morgan fingerprint density at radius 3 is 2.71 bits per heavy atom. The molecule has 0 aliphatic heterocycles. The molecule has 2 N–H and O–H groups in total. The lowest BCUT2D eigenvalue weighted by Gasteiger charge is -2.00. The molecular formula is C8H16N4S2. The van der Waals surface area contributed by atoms with Gasteiger partial charge < -0.3 is 5.73 Å². The minimum absolute atomic E-state index is 0.482. The maximum absolute atomic E-state index is 5.56. The smallest absolute Gasteiger partial charge is 0.222 e. The summed E-state index contributed by atoms with van der Waals surface area (Å²) in [7, 11) is 1.89. The third-order valence-corrected chi connectivity index (χ3v) is 3.83. The van der Waals surface area contributed by atoms with Gasteiger partial charge in [0.1, 0.15) is 0 Å². The fourth-order valence-electron chi connectivity index (χ4n) is 0.921. The van der Waals surface area contributed by atoms with Crippen LogP contribution in [0.25, 0.3) is 0 Å². The average Bonchev–Trinajstić information content (AvgIpc) is 2.49. The largest absolute Gasteiger partial charge is 0.368 e. The molecule has 0 atom stereocenters. The van der Waals surface area contributed by atoms with Gasteiger partial charge in [0.15, 0.2) is 5.16 Å². The van der Waals surface area contributed by atoms with Crippen molar-refractivity contribution in [2.24, 2.45) is 7.05 Å². The molecule has 0 bridgehead atoms. The lowest BCUT2D eigenvalue weighted by Crippen LogP contribution is -1.98. The van der Waals surface area contributed by atoms with Crippen LogP contribution in [-0.4, -0.2) is 32.0 Å². The molecule has 0 radical (unpaired) electrons. The maximum atomic E-state index is 5.56. The van der Waals surface area contributed by atoms with Gasteiger partial charge in [-0.1, -0.05) is 18.7 Å². The fraction of sp³-hybridized carbons (Fsp3) is 0.750. The van der Waals surface area contributed by atoms with Crippen molar-refractivity contribution in [3.63, 3.8) is 0 Å². The predicted octanol–water partition coefficient (Wildman–Crippen LogP) is 1.63. The van der Waals surface area contributed by atoms with E-state index in [1.807, 2.05) is 23.4 Å². The Morgan fingerprint density at radius 2 is 2.14 bits per heavy atom. The van der Waals surface area contributed by atoms with E-state index in [4.69, 9.17) is 5.73 Å². The summed E-state index contributed by atoms with van der Waals surface area (Å²) in [5, 5.41) is 8.68.